The van der Waals surface area contributed by atoms with Crippen molar-refractivity contribution in [3.05, 3.63) is 63.6 Å². The molecule has 2 rings (SSSR count). The minimum atomic E-state index is -0.416. The Morgan fingerprint density at radius 1 is 1.11 bits per heavy atom. The van der Waals surface area contributed by atoms with Crippen LogP contribution in [0, 0.1) is 11.6 Å². The van der Waals surface area contributed by atoms with Crippen molar-refractivity contribution in [2.45, 2.75) is 13.2 Å². The third kappa shape index (κ3) is 3.52. The third-order valence-electron chi connectivity index (χ3n) is 2.61. The van der Waals surface area contributed by atoms with Crippen molar-refractivity contribution in [3.8, 4) is 5.75 Å². The summed E-state index contributed by atoms with van der Waals surface area (Å²) in [5.74, 6) is -0.453. The number of hydrogen-bond donors (Lipinski definition) is 1. The van der Waals surface area contributed by atoms with Crippen molar-refractivity contribution in [1.29, 1.82) is 0 Å². The van der Waals surface area contributed by atoms with E-state index in [-0.39, 0.29) is 19.0 Å². The van der Waals surface area contributed by atoms with Crippen LogP contribution in [-0.4, -0.2) is 0 Å². The van der Waals surface area contributed by atoms with Gasteiger partial charge >= 0.3 is 0 Å². The molecule has 0 spiro atoms. The first kappa shape index (κ1) is 14.0. The second kappa shape index (κ2) is 6.12. The molecule has 0 aromatic heterocycles. The van der Waals surface area contributed by atoms with E-state index < -0.39 is 5.82 Å². The van der Waals surface area contributed by atoms with Crippen LogP contribution in [0.2, 0.25) is 0 Å². The van der Waals surface area contributed by atoms with E-state index in [0.717, 1.165) is 0 Å². The van der Waals surface area contributed by atoms with Crippen molar-refractivity contribution in [2.24, 2.45) is 5.73 Å². The molecule has 0 saturated heterocycles. The zero-order valence-corrected chi connectivity index (χ0v) is 11.6. The number of halogens is 3. The minimum absolute atomic E-state index is 0.0234. The van der Waals surface area contributed by atoms with Crippen LogP contribution in [0.25, 0.3) is 0 Å². The van der Waals surface area contributed by atoms with Gasteiger partial charge < -0.3 is 10.5 Å². The Balaban J connectivity index is 2.14. The van der Waals surface area contributed by atoms with Crippen LogP contribution in [0.1, 0.15) is 11.1 Å². The lowest BCUT2D eigenvalue weighted by molar-refractivity contribution is 0.297. The van der Waals surface area contributed by atoms with Crippen molar-refractivity contribution in [3.63, 3.8) is 0 Å². The van der Waals surface area contributed by atoms with Gasteiger partial charge in [-0.15, -0.1) is 0 Å². The van der Waals surface area contributed by atoms with Gasteiger partial charge in [-0.3, -0.25) is 0 Å². The van der Waals surface area contributed by atoms with Crippen molar-refractivity contribution in [2.75, 3.05) is 0 Å². The number of rotatable bonds is 4. The fourth-order valence-corrected chi connectivity index (χ4v) is 2.12. The van der Waals surface area contributed by atoms with Gasteiger partial charge in [-0.2, -0.15) is 0 Å². The summed E-state index contributed by atoms with van der Waals surface area (Å²) < 4.78 is 33.0. The van der Waals surface area contributed by atoms with Gasteiger partial charge in [0, 0.05) is 28.2 Å². The quantitative estimate of drug-likeness (QED) is 0.927. The molecular weight excluding hydrogens is 316 g/mol. The average molecular weight is 328 g/mol. The topological polar surface area (TPSA) is 35.2 Å². The van der Waals surface area contributed by atoms with Crippen LogP contribution in [-0.2, 0) is 13.2 Å². The monoisotopic (exact) mass is 327 g/mol. The Labute approximate surface area is 118 Å². The molecule has 0 aliphatic heterocycles. The summed E-state index contributed by atoms with van der Waals surface area (Å²) in [4.78, 5) is 0. The number of benzene rings is 2. The van der Waals surface area contributed by atoms with E-state index in [0.29, 0.717) is 21.3 Å². The molecule has 100 valence electrons. The van der Waals surface area contributed by atoms with Crippen molar-refractivity contribution in [1.82, 2.24) is 0 Å². The van der Waals surface area contributed by atoms with Crippen molar-refractivity contribution >= 4 is 15.9 Å². The van der Waals surface area contributed by atoms with Crippen LogP contribution < -0.4 is 10.5 Å². The molecule has 2 aromatic rings. The molecule has 0 amide bonds. The molecule has 0 bridgehead atoms. The van der Waals surface area contributed by atoms with Gasteiger partial charge in [0.25, 0.3) is 0 Å². The molecule has 0 saturated carbocycles. The summed E-state index contributed by atoms with van der Waals surface area (Å²) in [7, 11) is 0. The zero-order chi connectivity index (χ0) is 13.8. The first-order valence-electron chi connectivity index (χ1n) is 5.65. The molecule has 2 aromatic carbocycles. The molecule has 5 heteroatoms. The maximum Gasteiger partial charge on any atom is 0.134 e. The smallest absolute Gasteiger partial charge is 0.134 e. The molecule has 0 heterocycles. The van der Waals surface area contributed by atoms with E-state index in [1.807, 2.05) is 0 Å². The molecule has 0 radical (unpaired) electrons. The van der Waals surface area contributed by atoms with Crippen LogP contribution in [0.15, 0.2) is 40.9 Å². The van der Waals surface area contributed by atoms with Crippen LogP contribution in [0.5, 0.6) is 5.75 Å². The highest BCUT2D eigenvalue weighted by Gasteiger charge is 2.08. The standard InChI is InChI=1S/C14H12BrF2NO/c15-11-4-12(16)6-13(5-11)19-8-10-3-1-2-9(7-18)14(10)17/h1-6H,7-8,18H2. The Hall–Kier alpha value is -1.46. The first-order chi connectivity index (χ1) is 9.10. The van der Waals surface area contributed by atoms with E-state index in [9.17, 15) is 8.78 Å². The van der Waals surface area contributed by atoms with Gasteiger partial charge in [0.15, 0.2) is 0 Å². The predicted octanol–water partition coefficient (Wildman–Crippen LogP) is 3.77. The van der Waals surface area contributed by atoms with Crippen LogP contribution in [0.4, 0.5) is 8.78 Å². The largest absolute Gasteiger partial charge is 0.489 e. The Bertz CT molecular complexity index is 569. The van der Waals surface area contributed by atoms with Crippen molar-refractivity contribution < 1.29 is 13.5 Å². The van der Waals surface area contributed by atoms with Gasteiger partial charge in [-0.1, -0.05) is 34.1 Å². The minimum Gasteiger partial charge on any atom is -0.489 e. The summed E-state index contributed by atoms with van der Waals surface area (Å²) in [5.41, 5.74) is 6.25. The zero-order valence-electron chi connectivity index (χ0n) is 10.00. The molecular formula is C14H12BrF2NO. The maximum atomic E-state index is 13.9. The van der Waals surface area contributed by atoms with Gasteiger partial charge in [0.05, 0.1) is 0 Å². The lowest BCUT2D eigenvalue weighted by Crippen LogP contribution is -2.05. The maximum absolute atomic E-state index is 13.9. The van der Waals surface area contributed by atoms with E-state index >= 15 is 0 Å². The summed E-state index contributed by atoms with van der Waals surface area (Å²) in [5, 5.41) is 0. The predicted molar refractivity (Wildman–Crippen MR) is 72.7 cm³/mol. The molecule has 2 nitrogen and oxygen atoms in total. The molecule has 0 fully saturated rings. The fourth-order valence-electron chi connectivity index (χ4n) is 1.68. The SMILES string of the molecule is NCc1cccc(COc2cc(F)cc(Br)c2)c1F. The molecule has 19 heavy (non-hydrogen) atoms. The third-order valence-corrected chi connectivity index (χ3v) is 3.07. The molecule has 2 N–H and O–H groups in total. The van der Waals surface area contributed by atoms with Crippen LogP contribution in [0.3, 0.4) is 0 Å². The van der Waals surface area contributed by atoms with Gasteiger partial charge in [-0.05, 0) is 12.1 Å². The first-order valence-corrected chi connectivity index (χ1v) is 6.44. The molecule has 0 unspecified atom stereocenters. The highest BCUT2D eigenvalue weighted by atomic mass is 79.9. The van der Waals surface area contributed by atoms with Gasteiger partial charge in [0.1, 0.15) is 24.0 Å². The molecule has 0 atom stereocenters. The molecule has 0 aliphatic rings. The fraction of sp³-hybridized carbons (Fsp3) is 0.143. The average Bonchev–Trinajstić information content (AvgIpc) is 2.36. The van der Waals surface area contributed by atoms with E-state index in [4.69, 9.17) is 10.5 Å². The van der Waals surface area contributed by atoms with E-state index in [1.165, 1.54) is 12.1 Å². The summed E-state index contributed by atoms with van der Waals surface area (Å²) in [6, 6.07) is 9.14. The second-order valence-corrected chi connectivity index (χ2v) is 4.90. The number of ether oxygens (including phenoxy) is 1. The second-order valence-electron chi connectivity index (χ2n) is 3.99. The highest BCUT2D eigenvalue weighted by molar-refractivity contribution is 9.10. The number of nitrogens with two attached hydrogens (primary N) is 1. The Kier molecular flexibility index (Phi) is 4.50. The summed E-state index contributed by atoms with van der Waals surface area (Å²) in [6.45, 7) is 0.154. The normalized spacial score (nSPS) is 10.5. The van der Waals surface area contributed by atoms with E-state index in [2.05, 4.69) is 15.9 Å². The lowest BCUT2D eigenvalue weighted by Gasteiger charge is -2.09. The van der Waals surface area contributed by atoms with Gasteiger partial charge in [0.2, 0.25) is 0 Å². The number of hydrogen-bond acceptors (Lipinski definition) is 2. The molecule has 0 aliphatic carbocycles. The van der Waals surface area contributed by atoms with Gasteiger partial charge in [-0.25, -0.2) is 8.78 Å². The Morgan fingerprint density at radius 2 is 1.84 bits per heavy atom. The lowest BCUT2D eigenvalue weighted by atomic mass is 10.1. The summed E-state index contributed by atoms with van der Waals surface area (Å²) in [6.07, 6.45) is 0. The van der Waals surface area contributed by atoms with Crippen LogP contribution >= 0.6 is 15.9 Å². The summed E-state index contributed by atoms with van der Waals surface area (Å²) >= 11 is 3.17. The highest BCUT2D eigenvalue weighted by Crippen LogP contribution is 2.22. The Morgan fingerprint density at radius 3 is 2.53 bits per heavy atom. The van der Waals surface area contributed by atoms with E-state index in [1.54, 1.807) is 24.3 Å².